The molecule has 0 fully saturated rings. The van der Waals surface area contributed by atoms with Crippen LogP contribution in [0.3, 0.4) is 0 Å². The summed E-state index contributed by atoms with van der Waals surface area (Å²) in [5, 5.41) is 19.6. The minimum Gasteiger partial charge on any atom is -0.423 e. The highest BCUT2D eigenvalue weighted by molar-refractivity contribution is 5.55. The quantitative estimate of drug-likeness (QED) is 0.720. The third kappa shape index (κ3) is 2.40. The second kappa shape index (κ2) is 4.80. The number of aryl methyl sites for hydroxylation is 2. The summed E-state index contributed by atoms with van der Waals surface area (Å²) in [6.07, 6.45) is 0. The lowest BCUT2D eigenvalue weighted by Crippen LogP contribution is -2.04. The Morgan fingerprint density at radius 2 is 2.05 bits per heavy atom. The van der Waals surface area contributed by atoms with Crippen LogP contribution in [-0.4, -0.2) is 30.4 Å². The minimum atomic E-state index is -0.262. The Labute approximate surface area is 113 Å². The summed E-state index contributed by atoms with van der Waals surface area (Å²) in [5.41, 5.74) is 1.24. The zero-order valence-corrected chi connectivity index (χ0v) is 10.9. The van der Waals surface area contributed by atoms with Crippen molar-refractivity contribution in [2.24, 2.45) is 0 Å². The Hall–Kier alpha value is -2.64. The van der Waals surface area contributed by atoms with Gasteiger partial charge in [0, 0.05) is 12.5 Å². The van der Waals surface area contributed by atoms with Crippen LogP contribution in [-0.2, 0) is 6.54 Å². The van der Waals surface area contributed by atoms with Crippen LogP contribution in [0.2, 0.25) is 0 Å². The molecule has 102 valence electrons. The van der Waals surface area contributed by atoms with E-state index in [9.17, 15) is 4.39 Å². The fourth-order valence-corrected chi connectivity index (χ4v) is 1.73. The topological polar surface area (TPSA) is 82.5 Å². The number of tetrazole rings is 1. The molecular formula is C12H11FN6O. The van der Waals surface area contributed by atoms with E-state index < -0.39 is 0 Å². The molecule has 0 unspecified atom stereocenters. The highest BCUT2D eigenvalue weighted by atomic mass is 19.1. The maximum Gasteiger partial charge on any atom is 0.239 e. The van der Waals surface area contributed by atoms with Crippen LogP contribution < -0.4 is 0 Å². The molecule has 20 heavy (non-hydrogen) atoms. The van der Waals surface area contributed by atoms with Crippen molar-refractivity contribution < 1.29 is 8.81 Å². The van der Waals surface area contributed by atoms with Crippen LogP contribution in [0.25, 0.3) is 11.4 Å². The predicted molar refractivity (Wildman–Crippen MR) is 66.1 cm³/mol. The number of benzene rings is 1. The smallest absolute Gasteiger partial charge is 0.239 e. The molecule has 7 nitrogen and oxygen atoms in total. The molecule has 1 aromatic carbocycles. The number of rotatable bonds is 3. The SMILES string of the molecule is Cc1nnc(Cn2nnc(-c3ccc(F)c(C)c3)n2)o1. The third-order valence-electron chi connectivity index (χ3n) is 2.71. The van der Waals surface area contributed by atoms with Crippen LogP contribution >= 0.6 is 0 Å². The molecule has 0 saturated heterocycles. The van der Waals surface area contributed by atoms with Crippen LogP contribution in [0.4, 0.5) is 4.39 Å². The van der Waals surface area contributed by atoms with Gasteiger partial charge in [-0.2, -0.15) is 4.80 Å². The van der Waals surface area contributed by atoms with Crippen molar-refractivity contribution in [1.82, 2.24) is 30.4 Å². The summed E-state index contributed by atoms with van der Waals surface area (Å²) in [5.74, 6) is 1.04. The van der Waals surface area contributed by atoms with Crippen molar-refractivity contribution >= 4 is 0 Å². The summed E-state index contributed by atoms with van der Waals surface area (Å²) in [4.78, 5) is 1.35. The van der Waals surface area contributed by atoms with Crippen molar-refractivity contribution in [2.45, 2.75) is 20.4 Å². The number of hydrogen-bond donors (Lipinski definition) is 0. The van der Waals surface area contributed by atoms with Gasteiger partial charge in [0.25, 0.3) is 0 Å². The van der Waals surface area contributed by atoms with Crippen molar-refractivity contribution in [3.8, 4) is 11.4 Å². The van der Waals surface area contributed by atoms with Crippen molar-refractivity contribution in [1.29, 1.82) is 0 Å². The van der Waals surface area contributed by atoms with Gasteiger partial charge in [-0.3, -0.25) is 0 Å². The molecule has 3 aromatic rings. The van der Waals surface area contributed by atoms with E-state index in [1.165, 1.54) is 10.9 Å². The minimum absolute atomic E-state index is 0.244. The molecule has 0 saturated carbocycles. The number of halogens is 1. The van der Waals surface area contributed by atoms with Gasteiger partial charge in [0.15, 0.2) is 0 Å². The van der Waals surface area contributed by atoms with E-state index in [0.29, 0.717) is 28.7 Å². The van der Waals surface area contributed by atoms with Crippen molar-refractivity contribution in [3.63, 3.8) is 0 Å². The maximum absolute atomic E-state index is 13.2. The van der Waals surface area contributed by atoms with E-state index in [2.05, 4.69) is 25.6 Å². The van der Waals surface area contributed by atoms with Crippen LogP contribution in [0.5, 0.6) is 0 Å². The zero-order valence-electron chi connectivity index (χ0n) is 10.9. The van der Waals surface area contributed by atoms with Gasteiger partial charge in [-0.15, -0.1) is 20.4 Å². The molecule has 0 aliphatic carbocycles. The molecule has 0 bridgehead atoms. The van der Waals surface area contributed by atoms with Gasteiger partial charge < -0.3 is 4.42 Å². The Bertz CT molecular complexity index is 750. The van der Waals surface area contributed by atoms with Gasteiger partial charge in [-0.25, -0.2) is 4.39 Å². The molecule has 2 heterocycles. The van der Waals surface area contributed by atoms with Crippen LogP contribution in [0.1, 0.15) is 17.3 Å². The molecule has 2 aromatic heterocycles. The molecule has 3 rings (SSSR count). The Morgan fingerprint density at radius 3 is 2.75 bits per heavy atom. The highest BCUT2D eigenvalue weighted by Gasteiger charge is 2.10. The highest BCUT2D eigenvalue weighted by Crippen LogP contribution is 2.17. The largest absolute Gasteiger partial charge is 0.423 e. The number of hydrogen-bond acceptors (Lipinski definition) is 6. The monoisotopic (exact) mass is 274 g/mol. The molecule has 0 radical (unpaired) electrons. The Morgan fingerprint density at radius 1 is 1.20 bits per heavy atom. The van der Waals surface area contributed by atoms with Gasteiger partial charge in [0.1, 0.15) is 12.4 Å². The molecule has 0 N–H and O–H groups in total. The molecule has 0 aliphatic rings. The van der Waals surface area contributed by atoms with Gasteiger partial charge in [0.2, 0.25) is 17.6 Å². The first-order valence-corrected chi connectivity index (χ1v) is 5.95. The first kappa shape index (κ1) is 12.4. The van der Waals surface area contributed by atoms with Gasteiger partial charge >= 0.3 is 0 Å². The van der Waals surface area contributed by atoms with Gasteiger partial charge in [0.05, 0.1) is 0 Å². The lowest BCUT2D eigenvalue weighted by Gasteiger charge is -1.98. The molecule has 0 spiro atoms. The Balaban J connectivity index is 1.84. The summed E-state index contributed by atoms with van der Waals surface area (Å²) in [6, 6.07) is 4.67. The van der Waals surface area contributed by atoms with E-state index in [4.69, 9.17) is 4.42 Å². The molecular weight excluding hydrogens is 263 g/mol. The third-order valence-corrected chi connectivity index (χ3v) is 2.71. The average Bonchev–Trinajstić information content (AvgIpc) is 3.03. The average molecular weight is 274 g/mol. The predicted octanol–water partition coefficient (Wildman–Crippen LogP) is 1.53. The fourth-order valence-electron chi connectivity index (χ4n) is 1.73. The summed E-state index contributed by atoms with van der Waals surface area (Å²) in [7, 11) is 0. The molecule has 8 heteroatoms. The summed E-state index contributed by atoms with van der Waals surface area (Å²) in [6.45, 7) is 3.64. The lowest BCUT2D eigenvalue weighted by molar-refractivity contribution is 0.424. The van der Waals surface area contributed by atoms with E-state index in [1.807, 2.05) is 0 Å². The number of aromatic nitrogens is 6. The van der Waals surface area contributed by atoms with Gasteiger partial charge in [-0.1, -0.05) is 0 Å². The normalized spacial score (nSPS) is 10.9. The zero-order chi connectivity index (χ0) is 14.1. The molecule has 0 atom stereocenters. The van der Waals surface area contributed by atoms with Crippen LogP contribution in [0.15, 0.2) is 22.6 Å². The maximum atomic E-state index is 13.2. The summed E-state index contributed by atoms with van der Waals surface area (Å²) >= 11 is 0. The standard InChI is InChI=1S/C12H11FN6O/c1-7-5-9(3-4-10(7)13)12-16-18-19(17-12)6-11-15-14-8(2)20-11/h3-5H,6H2,1-2H3. The summed E-state index contributed by atoms with van der Waals surface area (Å²) < 4.78 is 18.5. The molecule has 0 amide bonds. The first-order chi connectivity index (χ1) is 9.61. The van der Waals surface area contributed by atoms with E-state index >= 15 is 0 Å². The fraction of sp³-hybridized carbons (Fsp3) is 0.250. The second-order valence-electron chi connectivity index (χ2n) is 4.32. The van der Waals surface area contributed by atoms with Crippen LogP contribution in [0, 0.1) is 19.7 Å². The van der Waals surface area contributed by atoms with Crippen molar-refractivity contribution in [2.75, 3.05) is 0 Å². The van der Waals surface area contributed by atoms with Crippen molar-refractivity contribution in [3.05, 3.63) is 41.4 Å². The van der Waals surface area contributed by atoms with E-state index in [0.717, 1.165) is 0 Å². The molecule has 0 aliphatic heterocycles. The van der Waals surface area contributed by atoms with E-state index in [1.54, 1.807) is 26.0 Å². The second-order valence-corrected chi connectivity index (χ2v) is 4.32. The number of nitrogens with zero attached hydrogens (tertiary/aromatic N) is 6. The van der Waals surface area contributed by atoms with E-state index in [-0.39, 0.29) is 12.4 Å². The first-order valence-electron chi connectivity index (χ1n) is 5.95. The van der Waals surface area contributed by atoms with Gasteiger partial charge in [-0.05, 0) is 35.9 Å². The Kier molecular flexibility index (Phi) is 2.97. The lowest BCUT2D eigenvalue weighted by atomic mass is 10.1.